The zero-order valence-corrected chi connectivity index (χ0v) is 14.1. The van der Waals surface area contributed by atoms with Gasteiger partial charge in [-0.25, -0.2) is 4.39 Å². The summed E-state index contributed by atoms with van der Waals surface area (Å²) in [6.07, 6.45) is 1.04. The number of hydrogen-bond donors (Lipinski definition) is 1. The van der Waals surface area contributed by atoms with Gasteiger partial charge in [-0.15, -0.1) is 0 Å². The van der Waals surface area contributed by atoms with Crippen molar-refractivity contribution in [2.45, 2.75) is 32.1 Å². The number of benzene rings is 1. The van der Waals surface area contributed by atoms with Gasteiger partial charge < -0.3 is 10.2 Å². The molecule has 1 amide bonds. The van der Waals surface area contributed by atoms with Crippen molar-refractivity contribution in [2.75, 3.05) is 20.1 Å². The minimum absolute atomic E-state index is 0.102. The molecule has 1 fully saturated rings. The number of amides is 1. The van der Waals surface area contributed by atoms with Crippen molar-refractivity contribution in [3.05, 3.63) is 53.3 Å². The molecule has 0 bridgehead atoms. The SMILES string of the molecule is CNC[C@@H]1C[C@H](F)CN1C(=O)c1cnn(Cc2ccccc2)c1C. The molecule has 24 heavy (non-hydrogen) atoms. The molecule has 1 aliphatic rings. The number of aromatic nitrogens is 2. The van der Waals surface area contributed by atoms with E-state index in [9.17, 15) is 9.18 Å². The number of carbonyl (C=O) groups excluding carboxylic acids is 1. The predicted octanol–water partition coefficient (Wildman–Crippen LogP) is 2.01. The van der Waals surface area contributed by atoms with Crippen LogP contribution in [0.25, 0.3) is 0 Å². The van der Waals surface area contributed by atoms with Crippen LogP contribution in [0, 0.1) is 6.92 Å². The lowest BCUT2D eigenvalue weighted by Gasteiger charge is -2.24. The van der Waals surface area contributed by atoms with E-state index in [-0.39, 0.29) is 18.5 Å². The van der Waals surface area contributed by atoms with Gasteiger partial charge in [0.15, 0.2) is 0 Å². The van der Waals surface area contributed by atoms with E-state index in [2.05, 4.69) is 10.4 Å². The Hall–Kier alpha value is -2.21. The van der Waals surface area contributed by atoms with Crippen LogP contribution in [0.3, 0.4) is 0 Å². The lowest BCUT2D eigenvalue weighted by molar-refractivity contribution is 0.0729. The maximum atomic E-state index is 13.8. The summed E-state index contributed by atoms with van der Waals surface area (Å²) in [5.74, 6) is -0.132. The topological polar surface area (TPSA) is 50.2 Å². The second-order valence-corrected chi connectivity index (χ2v) is 6.29. The highest BCUT2D eigenvalue weighted by molar-refractivity contribution is 5.95. The quantitative estimate of drug-likeness (QED) is 0.912. The first-order chi connectivity index (χ1) is 11.6. The van der Waals surface area contributed by atoms with E-state index in [1.165, 1.54) is 0 Å². The zero-order chi connectivity index (χ0) is 17.1. The Bertz CT molecular complexity index is 700. The van der Waals surface area contributed by atoms with Crippen molar-refractivity contribution < 1.29 is 9.18 Å². The predicted molar refractivity (Wildman–Crippen MR) is 90.8 cm³/mol. The van der Waals surface area contributed by atoms with Crippen molar-refractivity contribution >= 4 is 5.91 Å². The van der Waals surface area contributed by atoms with Crippen LogP contribution in [0.5, 0.6) is 0 Å². The molecular formula is C18H23FN4O. The van der Waals surface area contributed by atoms with Gasteiger partial charge in [0.2, 0.25) is 0 Å². The van der Waals surface area contributed by atoms with E-state index in [1.54, 1.807) is 11.1 Å². The largest absolute Gasteiger partial charge is 0.331 e. The molecule has 3 rings (SSSR count). The van der Waals surface area contributed by atoms with Crippen molar-refractivity contribution in [1.82, 2.24) is 20.0 Å². The van der Waals surface area contributed by atoms with Gasteiger partial charge in [-0.05, 0) is 19.5 Å². The molecule has 0 saturated carbocycles. The van der Waals surface area contributed by atoms with Gasteiger partial charge in [-0.1, -0.05) is 30.3 Å². The lowest BCUT2D eigenvalue weighted by atomic mass is 10.1. The number of likely N-dealkylation sites (tertiary alicyclic amines) is 1. The van der Waals surface area contributed by atoms with Gasteiger partial charge in [-0.2, -0.15) is 5.10 Å². The van der Waals surface area contributed by atoms with Crippen LogP contribution in [0.2, 0.25) is 0 Å². The Morgan fingerprint density at radius 3 is 2.83 bits per heavy atom. The highest BCUT2D eigenvalue weighted by atomic mass is 19.1. The number of hydrogen-bond acceptors (Lipinski definition) is 3. The number of rotatable bonds is 5. The van der Waals surface area contributed by atoms with E-state index in [0.29, 0.717) is 25.1 Å². The average Bonchev–Trinajstić information content (AvgIpc) is 3.12. The minimum Gasteiger partial charge on any atom is -0.331 e. The number of carbonyl (C=O) groups is 1. The fourth-order valence-corrected chi connectivity index (χ4v) is 3.26. The number of nitrogens with zero attached hydrogens (tertiary/aromatic N) is 3. The van der Waals surface area contributed by atoms with Crippen molar-refractivity contribution in [3.63, 3.8) is 0 Å². The molecular weight excluding hydrogens is 307 g/mol. The van der Waals surface area contributed by atoms with E-state index < -0.39 is 6.17 Å². The summed E-state index contributed by atoms with van der Waals surface area (Å²) in [6.45, 7) is 3.27. The summed E-state index contributed by atoms with van der Waals surface area (Å²) in [6, 6.07) is 9.88. The number of likely N-dealkylation sites (N-methyl/N-ethyl adjacent to an activating group) is 1. The fourth-order valence-electron chi connectivity index (χ4n) is 3.26. The first kappa shape index (κ1) is 16.6. The third-order valence-corrected chi connectivity index (χ3v) is 4.57. The van der Waals surface area contributed by atoms with E-state index in [4.69, 9.17) is 0 Å². The average molecular weight is 330 g/mol. The molecule has 128 valence electrons. The maximum absolute atomic E-state index is 13.8. The molecule has 2 atom stereocenters. The third kappa shape index (κ3) is 3.33. The van der Waals surface area contributed by atoms with Gasteiger partial charge in [0.05, 0.1) is 24.8 Å². The van der Waals surface area contributed by atoms with Crippen LogP contribution in [-0.4, -0.2) is 52.9 Å². The molecule has 1 aromatic heterocycles. The second kappa shape index (κ2) is 7.13. The monoisotopic (exact) mass is 330 g/mol. The summed E-state index contributed by atoms with van der Waals surface area (Å²) in [7, 11) is 1.82. The summed E-state index contributed by atoms with van der Waals surface area (Å²) in [5, 5.41) is 7.39. The summed E-state index contributed by atoms with van der Waals surface area (Å²) >= 11 is 0. The summed E-state index contributed by atoms with van der Waals surface area (Å²) < 4.78 is 15.6. The molecule has 2 aromatic rings. The highest BCUT2D eigenvalue weighted by Crippen LogP contribution is 2.23. The van der Waals surface area contributed by atoms with Gasteiger partial charge in [0, 0.05) is 24.7 Å². The highest BCUT2D eigenvalue weighted by Gasteiger charge is 2.36. The van der Waals surface area contributed by atoms with Crippen LogP contribution in [-0.2, 0) is 6.54 Å². The maximum Gasteiger partial charge on any atom is 0.257 e. The Kier molecular flexibility index (Phi) is 4.94. The Balaban J connectivity index is 1.78. The normalized spacial score (nSPS) is 20.5. The summed E-state index contributed by atoms with van der Waals surface area (Å²) in [4.78, 5) is 14.5. The number of nitrogens with one attached hydrogen (secondary N) is 1. The van der Waals surface area contributed by atoms with Crippen molar-refractivity contribution in [3.8, 4) is 0 Å². The Morgan fingerprint density at radius 2 is 2.12 bits per heavy atom. The first-order valence-electron chi connectivity index (χ1n) is 8.26. The van der Waals surface area contributed by atoms with Crippen LogP contribution in [0.15, 0.2) is 36.5 Å². The molecule has 1 aromatic carbocycles. The number of alkyl halides is 1. The van der Waals surface area contributed by atoms with Crippen LogP contribution in [0.4, 0.5) is 4.39 Å². The number of halogens is 1. The standard InChI is InChI=1S/C18H23FN4O/c1-13-17(10-21-23(13)11-14-6-4-3-5-7-14)18(24)22-12-15(19)8-16(22)9-20-2/h3-7,10,15-16,20H,8-9,11-12H2,1-2H3/t15-,16-/m0/s1. The molecule has 0 radical (unpaired) electrons. The van der Waals surface area contributed by atoms with Crippen LogP contribution in [0.1, 0.15) is 28.0 Å². The van der Waals surface area contributed by atoms with E-state index in [1.807, 2.05) is 49.0 Å². The zero-order valence-electron chi connectivity index (χ0n) is 14.1. The molecule has 1 N–H and O–H groups in total. The molecule has 2 heterocycles. The molecule has 0 aliphatic carbocycles. The molecule has 0 unspecified atom stereocenters. The van der Waals surface area contributed by atoms with Crippen LogP contribution < -0.4 is 5.32 Å². The molecule has 1 saturated heterocycles. The Morgan fingerprint density at radius 1 is 1.38 bits per heavy atom. The lowest BCUT2D eigenvalue weighted by Crippen LogP contribution is -2.41. The molecule has 6 heteroatoms. The summed E-state index contributed by atoms with van der Waals surface area (Å²) in [5.41, 5.74) is 2.50. The van der Waals surface area contributed by atoms with Gasteiger partial charge in [-0.3, -0.25) is 9.48 Å². The first-order valence-corrected chi connectivity index (χ1v) is 8.26. The van der Waals surface area contributed by atoms with E-state index in [0.717, 1.165) is 11.3 Å². The third-order valence-electron chi connectivity index (χ3n) is 4.57. The van der Waals surface area contributed by atoms with Crippen LogP contribution >= 0.6 is 0 Å². The van der Waals surface area contributed by atoms with Crippen molar-refractivity contribution in [1.29, 1.82) is 0 Å². The van der Waals surface area contributed by atoms with Gasteiger partial charge >= 0.3 is 0 Å². The molecule has 5 nitrogen and oxygen atoms in total. The Labute approximate surface area is 141 Å². The molecule has 1 aliphatic heterocycles. The smallest absolute Gasteiger partial charge is 0.257 e. The molecule has 0 spiro atoms. The minimum atomic E-state index is -0.952. The second-order valence-electron chi connectivity index (χ2n) is 6.29. The van der Waals surface area contributed by atoms with Gasteiger partial charge in [0.25, 0.3) is 5.91 Å². The van der Waals surface area contributed by atoms with Gasteiger partial charge in [0.1, 0.15) is 6.17 Å². The van der Waals surface area contributed by atoms with Crippen molar-refractivity contribution in [2.24, 2.45) is 0 Å². The fraction of sp³-hybridized carbons (Fsp3) is 0.444. The van der Waals surface area contributed by atoms with E-state index >= 15 is 0 Å².